The van der Waals surface area contributed by atoms with Crippen LogP contribution in [0.5, 0.6) is 5.75 Å². The minimum absolute atomic E-state index is 0.0284. The highest BCUT2D eigenvalue weighted by Gasteiger charge is 2.07. The first-order chi connectivity index (χ1) is 8.65. The molecule has 2 heteroatoms. The third-order valence-corrected chi connectivity index (χ3v) is 3.17. The van der Waals surface area contributed by atoms with Crippen LogP contribution >= 0.6 is 0 Å². The molecule has 0 aromatic heterocycles. The van der Waals surface area contributed by atoms with Crippen LogP contribution in [0.1, 0.15) is 63.1 Å². The van der Waals surface area contributed by atoms with Crippen LogP contribution in [0.3, 0.4) is 0 Å². The fourth-order valence-corrected chi connectivity index (χ4v) is 2.03. The van der Waals surface area contributed by atoms with Gasteiger partial charge in [0, 0.05) is 11.6 Å². The van der Waals surface area contributed by atoms with Gasteiger partial charge in [-0.15, -0.1) is 0 Å². The Bertz CT molecular complexity index is 347. The van der Waals surface area contributed by atoms with Gasteiger partial charge in [0.2, 0.25) is 0 Å². The monoisotopic (exact) mass is 249 g/mol. The maximum absolute atomic E-state index is 5.95. The van der Waals surface area contributed by atoms with Crippen LogP contribution in [-0.2, 0) is 0 Å². The average Bonchev–Trinajstić information content (AvgIpc) is 2.33. The second-order valence-corrected chi connectivity index (χ2v) is 5.09. The summed E-state index contributed by atoms with van der Waals surface area (Å²) in [5, 5.41) is 0. The van der Waals surface area contributed by atoms with Crippen molar-refractivity contribution in [2.24, 2.45) is 5.73 Å². The topological polar surface area (TPSA) is 35.2 Å². The quantitative estimate of drug-likeness (QED) is 0.695. The van der Waals surface area contributed by atoms with E-state index in [1.807, 2.05) is 6.92 Å². The fraction of sp³-hybridized carbons (Fsp3) is 0.625. The van der Waals surface area contributed by atoms with Crippen LogP contribution in [0.4, 0.5) is 0 Å². The standard InChI is InChI=1S/C16H27NO/c1-4-5-6-7-8-11-18-16-12-13(2)9-10-15(16)14(3)17/h9-10,12,14H,4-8,11,17H2,1-3H3/t14-/m1/s1. The summed E-state index contributed by atoms with van der Waals surface area (Å²) in [4.78, 5) is 0. The van der Waals surface area contributed by atoms with Gasteiger partial charge in [-0.25, -0.2) is 0 Å². The normalized spacial score (nSPS) is 12.4. The van der Waals surface area contributed by atoms with Gasteiger partial charge in [0.05, 0.1) is 6.61 Å². The Balaban J connectivity index is 2.43. The van der Waals surface area contributed by atoms with Crippen LogP contribution in [-0.4, -0.2) is 6.61 Å². The lowest BCUT2D eigenvalue weighted by Crippen LogP contribution is -2.09. The summed E-state index contributed by atoms with van der Waals surface area (Å²) in [5.41, 5.74) is 8.28. The molecule has 0 radical (unpaired) electrons. The van der Waals surface area contributed by atoms with Gasteiger partial charge in [-0.2, -0.15) is 0 Å². The molecular formula is C16H27NO. The number of unbranched alkanes of at least 4 members (excludes halogenated alkanes) is 4. The number of rotatable bonds is 8. The van der Waals surface area contributed by atoms with Crippen molar-refractivity contribution < 1.29 is 4.74 Å². The lowest BCUT2D eigenvalue weighted by atomic mass is 10.1. The van der Waals surface area contributed by atoms with Crippen molar-refractivity contribution in [3.63, 3.8) is 0 Å². The highest BCUT2D eigenvalue weighted by Crippen LogP contribution is 2.25. The maximum atomic E-state index is 5.95. The number of ether oxygens (including phenoxy) is 1. The maximum Gasteiger partial charge on any atom is 0.124 e. The predicted octanol–water partition coefficient (Wildman–Crippen LogP) is 4.36. The predicted molar refractivity (Wildman–Crippen MR) is 78.0 cm³/mol. The highest BCUT2D eigenvalue weighted by atomic mass is 16.5. The fourth-order valence-electron chi connectivity index (χ4n) is 2.03. The van der Waals surface area contributed by atoms with Crippen molar-refractivity contribution in [1.82, 2.24) is 0 Å². The first kappa shape index (κ1) is 15.0. The molecule has 0 fully saturated rings. The Morgan fingerprint density at radius 3 is 2.56 bits per heavy atom. The molecule has 2 nitrogen and oxygen atoms in total. The summed E-state index contributed by atoms with van der Waals surface area (Å²) < 4.78 is 5.88. The van der Waals surface area contributed by atoms with Gasteiger partial charge in [0.25, 0.3) is 0 Å². The first-order valence-electron chi connectivity index (χ1n) is 7.14. The van der Waals surface area contributed by atoms with Gasteiger partial charge >= 0.3 is 0 Å². The van der Waals surface area contributed by atoms with E-state index < -0.39 is 0 Å². The molecule has 0 spiro atoms. The first-order valence-corrected chi connectivity index (χ1v) is 7.14. The van der Waals surface area contributed by atoms with Crippen molar-refractivity contribution in [1.29, 1.82) is 0 Å². The molecule has 1 rings (SSSR count). The van der Waals surface area contributed by atoms with Gasteiger partial charge in [-0.3, -0.25) is 0 Å². The van der Waals surface area contributed by atoms with E-state index in [1.165, 1.54) is 31.2 Å². The zero-order valence-corrected chi connectivity index (χ0v) is 12.0. The Morgan fingerprint density at radius 1 is 1.17 bits per heavy atom. The van der Waals surface area contributed by atoms with Crippen molar-refractivity contribution >= 4 is 0 Å². The molecule has 0 aliphatic rings. The van der Waals surface area contributed by atoms with Crippen LogP contribution in [0, 0.1) is 6.92 Å². The van der Waals surface area contributed by atoms with Crippen molar-refractivity contribution in [2.75, 3.05) is 6.61 Å². The summed E-state index contributed by atoms with van der Waals surface area (Å²) in [5.74, 6) is 0.959. The molecule has 1 atom stereocenters. The lowest BCUT2D eigenvalue weighted by Gasteiger charge is -2.14. The van der Waals surface area contributed by atoms with E-state index in [4.69, 9.17) is 10.5 Å². The summed E-state index contributed by atoms with van der Waals surface area (Å²) in [7, 11) is 0. The molecule has 0 amide bonds. The zero-order valence-electron chi connectivity index (χ0n) is 12.0. The van der Waals surface area contributed by atoms with Gasteiger partial charge in [0.15, 0.2) is 0 Å². The lowest BCUT2D eigenvalue weighted by molar-refractivity contribution is 0.300. The van der Waals surface area contributed by atoms with Gasteiger partial charge in [0.1, 0.15) is 5.75 Å². The molecule has 102 valence electrons. The molecule has 0 unspecified atom stereocenters. The second-order valence-electron chi connectivity index (χ2n) is 5.09. The molecule has 1 aromatic carbocycles. The average molecular weight is 249 g/mol. The number of aryl methyl sites for hydroxylation is 1. The molecular weight excluding hydrogens is 222 g/mol. The summed E-state index contributed by atoms with van der Waals surface area (Å²) in [6.45, 7) is 7.11. The molecule has 0 heterocycles. The second kappa shape index (κ2) is 8.15. The molecule has 0 bridgehead atoms. The van der Waals surface area contributed by atoms with E-state index in [0.717, 1.165) is 24.3 Å². The third kappa shape index (κ3) is 5.09. The molecule has 0 aliphatic carbocycles. The van der Waals surface area contributed by atoms with E-state index in [9.17, 15) is 0 Å². The summed E-state index contributed by atoms with van der Waals surface area (Å²) in [6.07, 6.45) is 6.32. The number of hydrogen-bond acceptors (Lipinski definition) is 2. The Labute approximate surface area is 112 Å². The van der Waals surface area contributed by atoms with Crippen molar-refractivity contribution in [3.05, 3.63) is 29.3 Å². The van der Waals surface area contributed by atoms with E-state index in [2.05, 4.69) is 32.0 Å². The smallest absolute Gasteiger partial charge is 0.124 e. The van der Waals surface area contributed by atoms with E-state index in [1.54, 1.807) is 0 Å². The SMILES string of the molecule is CCCCCCCOc1cc(C)ccc1[C@@H](C)N. The Morgan fingerprint density at radius 2 is 1.89 bits per heavy atom. The van der Waals surface area contributed by atoms with Crippen molar-refractivity contribution in [3.8, 4) is 5.75 Å². The van der Waals surface area contributed by atoms with Gasteiger partial charge in [-0.05, 0) is 31.9 Å². The molecule has 2 N–H and O–H groups in total. The molecule has 0 saturated heterocycles. The molecule has 1 aromatic rings. The van der Waals surface area contributed by atoms with E-state index in [0.29, 0.717) is 0 Å². The summed E-state index contributed by atoms with van der Waals surface area (Å²) >= 11 is 0. The van der Waals surface area contributed by atoms with Gasteiger partial charge in [-0.1, -0.05) is 44.7 Å². The largest absolute Gasteiger partial charge is 0.493 e. The molecule has 0 saturated carbocycles. The number of benzene rings is 1. The zero-order chi connectivity index (χ0) is 13.4. The van der Waals surface area contributed by atoms with Crippen LogP contribution in [0.2, 0.25) is 0 Å². The Kier molecular flexibility index (Phi) is 6.81. The van der Waals surface area contributed by atoms with Crippen LogP contribution < -0.4 is 10.5 Å². The highest BCUT2D eigenvalue weighted by molar-refractivity contribution is 5.38. The van der Waals surface area contributed by atoms with Crippen LogP contribution in [0.25, 0.3) is 0 Å². The third-order valence-electron chi connectivity index (χ3n) is 3.17. The molecule has 18 heavy (non-hydrogen) atoms. The van der Waals surface area contributed by atoms with E-state index in [-0.39, 0.29) is 6.04 Å². The number of hydrogen-bond donors (Lipinski definition) is 1. The minimum Gasteiger partial charge on any atom is -0.493 e. The van der Waals surface area contributed by atoms with Crippen molar-refractivity contribution in [2.45, 2.75) is 58.9 Å². The van der Waals surface area contributed by atoms with Gasteiger partial charge < -0.3 is 10.5 Å². The van der Waals surface area contributed by atoms with E-state index >= 15 is 0 Å². The van der Waals surface area contributed by atoms with Crippen LogP contribution in [0.15, 0.2) is 18.2 Å². The minimum atomic E-state index is 0.0284. The molecule has 0 aliphatic heterocycles. The Hall–Kier alpha value is -1.02. The summed E-state index contributed by atoms with van der Waals surface area (Å²) in [6, 6.07) is 6.28. The number of nitrogens with two attached hydrogens (primary N) is 1.